The van der Waals surface area contributed by atoms with Gasteiger partial charge in [0.15, 0.2) is 5.75 Å². The Labute approximate surface area is 125 Å². The van der Waals surface area contributed by atoms with Gasteiger partial charge in [0.05, 0.1) is 11.4 Å². The first-order valence-electron chi connectivity index (χ1n) is 6.28. The van der Waals surface area contributed by atoms with Gasteiger partial charge in [-0.3, -0.25) is 4.57 Å². The molecule has 0 bridgehead atoms. The molecule has 0 aliphatic carbocycles. The molecule has 1 heterocycles. The minimum atomic E-state index is -4.77. The fourth-order valence-electron chi connectivity index (χ4n) is 1.89. The molecule has 0 fully saturated rings. The van der Waals surface area contributed by atoms with E-state index < -0.39 is 6.36 Å². The Bertz CT molecular complexity index is 650. The van der Waals surface area contributed by atoms with E-state index in [1.165, 1.54) is 17.0 Å². The number of benzene rings is 1. The predicted octanol–water partition coefficient (Wildman–Crippen LogP) is 4.86. The van der Waals surface area contributed by atoms with Crippen molar-refractivity contribution in [2.45, 2.75) is 33.1 Å². The number of hydrogen-bond donors (Lipinski definition) is 0. The topological polar surface area (TPSA) is 27.1 Å². The number of alkyl halides is 3. The van der Waals surface area contributed by atoms with Crippen molar-refractivity contribution in [3.05, 3.63) is 40.9 Å². The monoisotopic (exact) mass is 318 g/mol. The molecule has 1 aromatic heterocycles. The summed E-state index contributed by atoms with van der Waals surface area (Å²) in [7, 11) is 0. The van der Waals surface area contributed by atoms with Gasteiger partial charge >= 0.3 is 6.36 Å². The van der Waals surface area contributed by atoms with Crippen molar-refractivity contribution in [3.8, 4) is 11.4 Å². The summed E-state index contributed by atoms with van der Waals surface area (Å²) in [5.74, 6) is -0.220. The summed E-state index contributed by atoms with van der Waals surface area (Å²) in [5, 5.41) is 0.249. The predicted molar refractivity (Wildman–Crippen MR) is 74.1 cm³/mol. The highest BCUT2D eigenvalue weighted by Crippen LogP contribution is 2.34. The molecule has 21 heavy (non-hydrogen) atoms. The van der Waals surface area contributed by atoms with Crippen LogP contribution in [0.1, 0.15) is 31.0 Å². The van der Waals surface area contributed by atoms with Crippen LogP contribution in [0.4, 0.5) is 13.2 Å². The molecule has 2 rings (SSSR count). The lowest BCUT2D eigenvalue weighted by atomic mass is 10.0. The lowest BCUT2D eigenvalue weighted by Gasteiger charge is -2.16. The number of nitrogens with zero attached hydrogens (tertiary/aromatic N) is 2. The van der Waals surface area contributed by atoms with Crippen LogP contribution >= 0.6 is 11.6 Å². The maximum absolute atomic E-state index is 12.6. The molecular formula is C14H14ClF3N2O. The van der Waals surface area contributed by atoms with Crippen molar-refractivity contribution in [1.82, 2.24) is 9.55 Å². The fraction of sp³-hybridized carbons (Fsp3) is 0.357. The second-order valence-corrected chi connectivity index (χ2v) is 5.28. The summed E-state index contributed by atoms with van der Waals surface area (Å²) < 4.78 is 43.3. The zero-order chi connectivity index (χ0) is 15.8. The summed E-state index contributed by atoms with van der Waals surface area (Å²) >= 11 is 6.05. The molecule has 0 amide bonds. The summed E-state index contributed by atoms with van der Waals surface area (Å²) in [6, 6.07) is 4.66. The second kappa shape index (κ2) is 5.60. The van der Waals surface area contributed by atoms with Gasteiger partial charge in [-0.1, -0.05) is 31.5 Å². The molecule has 0 spiro atoms. The van der Waals surface area contributed by atoms with Crippen molar-refractivity contribution in [2.24, 2.45) is 0 Å². The van der Waals surface area contributed by atoms with Crippen molar-refractivity contribution in [2.75, 3.05) is 0 Å². The SMILES string of the molecule is Cc1ncn(-c2ccc(C(C)C)cc2OC(F)(F)F)c1Cl. The normalized spacial score (nSPS) is 12.0. The highest BCUT2D eigenvalue weighted by atomic mass is 35.5. The van der Waals surface area contributed by atoms with E-state index in [9.17, 15) is 13.2 Å². The van der Waals surface area contributed by atoms with Crippen molar-refractivity contribution in [1.29, 1.82) is 0 Å². The van der Waals surface area contributed by atoms with E-state index in [4.69, 9.17) is 11.6 Å². The first kappa shape index (κ1) is 15.7. The molecule has 0 saturated heterocycles. The van der Waals surface area contributed by atoms with Crippen LogP contribution in [0, 0.1) is 6.92 Å². The van der Waals surface area contributed by atoms with Gasteiger partial charge in [0.25, 0.3) is 0 Å². The minimum absolute atomic E-state index is 0.0784. The maximum Gasteiger partial charge on any atom is 0.573 e. The van der Waals surface area contributed by atoms with Crippen molar-refractivity contribution < 1.29 is 17.9 Å². The first-order valence-corrected chi connectivity index (χ1v) is 6.66. The van der Waals surface area contributed by atoms with Gasteiger partial charge in [0.2, 0.25) is 0 Å². The van der Waals surface area contributed by atoms with Crippen LogP contribution in [-0.4, -0.2) is 15.9 Å². The van der Waals surface area contributed by atoms with Crippen LogP contribution in [0.5, 0.6) is 5.75 Å². The molecule has 7 heteroatoms. The number of halogens is 4. The molecule has 0 unspecified atom stereocenters. The largest absolute Gasteiger partial charge is 0.573 e. The first-order chi connectivity index (χ1) is 9.69. The molecule has 3 nitrogen and oxygen atoms in total. The number of imidazole rings is 1. The molecule has 0 aliphatic heterocycles. The number of hydrogen-bond acceptors (Lipinski definition) is 2. The third kappa shape index (κ3) is 3.50. The minimum Gasteiger partial charge on any atom is -0.404 e. The fourth-order valence-corrected chi connectivity index (χ4v) is 2.07. The van der Waals surface area contributed by atoms with Crippen LogP contribution in [0.25, 0.3) is 5.69 Å². The van der Waals surface area contributed by atoms with E-state index in [2.05, 4.69) is 9.72 Å². The van der Waals surface area contributed by atoms with Gasteiger partial charge in [0.1, 0.15) is 11.5 Å². The summed E-state index contributed by atoms with van der Waals surface area (Å²) in [6.45, 7) is 5.45. The molecule has 114 valence electrons. The highest BCUT2D eigenvalue weighted by molar-refractivity contribution is 6.30. The van der Waals surface area contributed by atoms with Gasteiger partial charge < -0.3 is 4.74 Å². The van der Waals surface area contributed by atoms with Crippen LogP contribution in [0.2, 0.25) is 5.15 Å². The highest BCUT2D eigenvalue weighted by Gasteiger charge is 2.32. The van der Waals surface area contributed by atoms with Gasteiger partial charge in [-0.25, -0.2) is 4.98 Å². The van der Waals surface area contributed by atoms with Crippen LogP contribution in [-0.2, 0) is 0 Å². The molecule has 0 saturated carbocycles. The van der Waals surface area contributed by atoms with E-state index >= 15 is 0 Å². The molecule has 1 aromatic carbocycles. The number of ether oxygens (including phenoxy) is 1. The maximum atomic E-state index is 12.6. The molecule has 0 N–H and O–H groups in total. The van der Waals surface area contributed by atoms with E-state index in [0.717, 1.165) is 5.56 Å². The number of aryl methyl sites for hydroxylation is 1. The van der Waals surface area contributed by atoms with E-state index in [-0.39, 0.29) is 22.5 Å². The van der Waals surface area contributed by atoms with Crippen LogP contribution in [0.15, 0.2) is 24.5 Å². The Morgan fingerprint density at radius 2 is 1.95 bits per heavy atom. The second-order valence-electron chi connectivity index (χ2n) is 4.92. The number of rotatable bonds is 3. The standard InChI is InChI=1S/C14H14ClF3N2O/c1-8(2)10-4-5-11(12(6-10)21-14(16,17)18)20-7-19-9(3)13(20)15/h4-8H,1-3H3. The zero-order valence-electron chi connectivity index (χ0n) is 11.7. The Kier molecular flexibility index (Phi) is 4.18. The van der Waals surface area contributed by atoms with E-state index in [1.807, 2.05) is 13.8 Å². The smallest absolute Gasteiger partial charge is 0.404 e. The third-order valence-corrected chi connectivity index (χ3v) is 3.47. The van der Waals surface area contributed by atoms with Gasteiger partial charge in [0, 0.05) is 0 Å². The summed E-state index contributed by atoms with van der Waals surface area (Å²) in [4.78, 5) is 3.98. The molecular weight excluding hydrogens is 305 g/mol. The van der Waals surface area contributed by atoms with Gasteiger partial charge in [-0.2, -0.15) is 0 Å². The van der Waals surface area contributed by atoms with Crippen molar-refractivity contribution >= 4 is 11.6 Å². The number of aromatic nitrogens is 2. The Morgan fingerprint density at radius 1 is 1.29 bits per heavy atom. The molecule has 0 radical (unpaired) electrons. The molecule has 0 atom stereocenters. The third-order valence-electron chi connectivity index (χ3n) is 3.01. The lowest BCUT2D eigenvalue weighted by molar-refractivity contribution is -0.274. The van der Waals surface area contributed by atoms with Gasteiger partial charge in [-0.15, -0.1) is 13.2 Å². The van der Waals surface area contributed by atoms with Gasteiger partial charge in [-0.05, 0) is 30.5 Å². The summed E-state index contributed by atoms with van der Waals surface area (Å²) in [5.41, 5.74) is 1.47. The Hall–Kier alpha value is -1.69. The Balaban J connectivity index is 2.56. The quantitative estimate of drug-likeness (QED) is 0.808. The average Bonchev–Trinajstić information content (AvgIpc) is 2.68. The van der Waals surface area contributed by atoms with Crippen LogP contribution < -0.4 is 4.74 Å². The molecule has 0 aliphatic rings. The molecule has 2 aromatic rings. The summed E-state index contributed by atoms with van der Waals surface area (Å²) in [6.07, 6.45) is -3.41. The average molecular weight is 319 g/mol. The van der Waals surface area contributed by atoms with E-state index in [1.54, 1.807) is 19.1 Å². The van der Waals surface area contributed by atoms with E-state index in [0.29, 0.717) is 5.69 Å². The zero-order valence-corrected chi connectivity index (χ0v) is 12.5. The Morgan fingerprint density at radius 3 is 2.43 bits per heavy atom. The lowest BCUT2D eigenvalue weighted by Crippen LogP contribution is -2.18. The van der Waals surface area contributed by atoms with Crippen molar-refractivity contribution in [3.63, 3.8) is 0 Å². The van der Waals surface area contributed by atoms with Crippen LogP contribution in [0.3, 0.4) is 0 Å².